The van der Waals surface area contributed by atoms with E-state index in [1.807, 2.05) is 24.3 Å². The number of nitrogens with one attached hydrogen (secondary N) is 1. The maximum Gasteiger partial charge on any atom is 0.328 e. The molecule has 0 radical (unpaired) electrons. The fourth-order valence-corrected chi connectivity index (χ4v) is 5.39. The summed E-state index contributed by atoms with van der Waals surface area (Å²) in [5.41, 5.74) is 4.61. The van der Waals surface area contributed by atoms with Crippen molar-refractivity contribution in [1.82, 2.24) is 20.0 Å². The van der Waals surface area contributed by atoms with Gasteiger partial charge in [-0.2, -0.15) is 0 Å². The van der Waals surface area contributed by atoms with Gasteiger partial charge in [-0.15, -0.1) is 0 Å². The highest BCUT2D eigenvalue weighted by Crippen LogP contribution is 2.35. The molecule has 0 bridgehead atoms. The van der Waals surface area contributed by atoms with E-state index < -0.39 is 6.04 Å². The molecule has 32 heavy (non-hydrogen) atoms. The van der Waals surface area contributed by atoms with Gasteiger partial charge in [0.25, 0.3) is 5.91 Å². The second kappa shape index (κ2) is 8.17. The van der Waals surface area contributed by atoms with Crippen LogP contribution in [0.3, 0.4) is 0 Å². The van der Waals surface area contributed by atoms with Crippen LogP contribution in [0.2, 0.25) is 0 Å². The molecule has 3 saturated heterocycles. The van der Waals surface area contributed by atoms with Crippen molar-refractivity contribution in [3.8, 4) is 0 Å². The molecule has 3 aliphatic heterocycles. The van der Waals surface area contributed by atoms with Crippen molar-refractivity contribution in [2.75, 3.05) is 25.0 Å². The number of imide groups is 1. The molecule has 8 heteroatoms. The number of amides is 3. The normalized spacial score (nSPS) is 25.9. The smallest absolute Gasteiger partial charge is 0.328 e. The molecule has 7 nitrogen and oxygen atoms in total. The van der Waals surface area contributed by atoms with Crippen molar-refractivity contribution in [2.45, 2.75) is 45.3 Å². The predicted octanol–water partition coefficient (Wildman–Crippen LogP) is 3.25. The third-order valence-electron chi connectivity index (χ3n) is 7.01. The van der Waals surface area contributed by atoms with Crippen LogP contribution in [0.4, 0.5) is 10.5 Å². The van der Waals surface area contributed by atoms with E-state index in [2.05, 4.69) is 63.1 Å². The Morgan fingerprint density at radius 1 is 1.06 bits per heavy atom. The molecular formula is C24H28BrN5O2. The molecule has 3 unspecified atom stereocenters. The molecule has 2 aromatic carbocycles. The number of aryl methyl sites for hydroxylation is 1. The van der Waals surface area contributed by atoms with Crippen molar-refractivity contribution in [2.24, 2.45) is 0 Å². The number of fused-ring (bicyclic) bond motifs is 3. The van der Waals surface area contributed by atoms with Crippen LogP contribution >= 0.6 is 15.9 Å². The number of hydrogen-bond donors (Lipinski definition) is 1. The first-order valence-corrected chi connectivity index (χ1v) is 11.8. The molecule has 1 N–H and O–H groups in total. The Bertz CT molecular complexity index is 1060. The molecule has 3 atom stereocenters. The number of rotatable bonds is 3. The molecule has 3 fully saturated rings. The quantitative estimate of drug-likeness (QED) is 0.705. The number of likely N-dealkylation sites (N-methyl/N-ethyl adjacent to an activating group) is 1. The van der Waals surface area contributed by atoms with Crippen LogP contribution in [0.15, 0.2) is 46.9 Å². The summed E-state index contributed by atoms with van der Waals surface area (Å²) in [6, 6.07) is 13.4. The Morgan fingerprint density at radius 3 is 2.56 bits per heavy atom. The Labute approximate surface area is 197 Å². The first-order chi connectivity index (χ1) is 15.4. The topological polar surface area (TPSA) is 59.1 Å². The highest BCUT2D eigenvalue weighted by molar-refractivity contribution is 9.10. The summed E-state index contributed by atoms with van der Waals surface area (Å²) in [6.07, 6.45) is 0.504. The van der Waals surface area contributed by atoms with Crippen LogP contribution in [0.5, 0.6) is 0 Å². The van der Waals surface area contributed by atoms with Gasteiger partial charge in [0.15, 0.2) is 0 Å². The molecule has 5 rings (SSSR count). The van der Waals surface area contributed by atoms with Crippen molar-refractivity contribution in [3.05, 3.63) is 63.6 Å². The molecule has 3 heterocycles. The average Bonchev–Trinajstić information content (AvgIpc) is 3.18. The standard InChI is InChI=1S/C24H28BrN5O2/c1-15-6-4-7-19(16(15)2)28-12-5-13-29-20-21(26-23(28)29)27(3)24(32)30(22(20)31)14-17-8-10-18(25)11-9-17/h4,6-11,20-21,23,26H,5,12-14H2,1-3H3. The van der Waals surface area contributed by atoms with Crippen LogP contribution in [-0.2, 0) is 11.3 Å². The maximum absolute atomic E-state index is 13.6. The number of carbonyl (C=O) groups is 2. The van der Waals surface area contributed by atoms with E-state index >= 15 is 0 Å². The molecule has 0 aromatic heterocycles. The van der Waals surface area contributed by atoms with Gasteiger partial charge in [-0.1, -0.05) is 40.2 Å². The fourth-order valence-electron chi connectivity index (χ4n) is 5.13. The number of hydrogen-bond acceptors (Lipinski definition) is 5. The molecule has 0 aliphatic carbocycles. The van der Waals surface area contributed by atoms with E-state index in [-0.39, 0.29) is 30.9 Å². The highest BCUT2D eigenvalue weighted by atomic mass is 79.9. The van der Waals surface area contributed by atoms with Gasteiger partial charge in [-0.05, 0) is 55.2 Å². The zero-order valence-corrected chi connectivity index (χ0v) is 20.2. The van der Waals surface area contributed by atoms with Crippen molar-refractivity contribution in [3.63, 3.8) is 0 Å². The minimum Gasteiger partial charge on any atom is -0.343 e. The molecule has 0 saturated carbocycles. The lowest BCUT2D eigenvalue weighted by Crippen LogP contribution is -2.66. The highest BCUT2D eigenvalue weighted by Gasteiger charge is 2.56. The summed E-state index contributed by atoms with van der Waals surface area (Å²) in [6.45, 7) is 6.27. The second-order valence-corrected chi connectivity index (χ2v) is 9.79. The van der Waals surface area contributed by atoms with Crippen LogP contribution in [0.25, 0.3) is 0 Å². The predicted molar refractivity (Wildman–Crippen MR) is 127 cm³/mol. The summed E-state index contributed by atoms with van der Waals surface area (Å²) < 4.78 is 0.970. The molecule has 168 valence electrons. The number of anilines is 1. The summed E-state index contributed by atoms with van der Waals surface area (Å²) in [4.78, 5) is 34.4. The molecule has 3 amide bonds. The monoisotopic (exact) mass is 497 g/mol. The van der Waals surface area contributed by atoms with Gasteiger partial charge in [0.05, 0.1) is 6.54 Å². The fraction of sp³-hybridized carbons (Fsp3) is 0.417. The SMILES string of the molecule is Cc1cccc(N2CCCN3C4C(=O)N(Cc5ccc(Br)cc5)C(=O)N(C)C4NC23)c1C. The van der Waals surface area contributed by atoms with E-state index in [4.69, 9.17) is 0 Å². The summed E-state index contributed by atoms with van der Waals surface area (Å²) in [5.74, 6) is -0.126. The van der Waals surface area contributed by atoms with Gasteiger partial charge < -0.3 is 9.80 Å². The van der Waals surface area contributed by atoms with E-state index in [0.717, 1.165) is 29.5 Å². The van der Waals surface area contributed by atoms with Crippen LogP contribution in [-0.4, -0.2) is 65.3 Å². The lowest BCUT2D eigenvalue weighted by Gasteiger charge is -2.44. The number of nitrogens with zero attached hydrogens (tertiary/aromatic N) is 4. The van der Waals surface area contributed by atoms with Gasteiger partial charge in [-0.25, -0.2) is 4.79 Å². The maximum atomic E-state index is 13.6. The Morgan fingerprint density at radius 2 is 1.81 bits per heavy atom. The summed E-state index contributed by atoms with van der Waals surface area (Å²) in [7, 11) is 1.79. The van der Waals surface area contributed by atoms with Crippen molar-refractivity contribution < 1.29 is 9.59 Å². The molecule has 0 spiro atoms. The second-order valence-electron chi connectivity index (χ2n) is 8.88. The lowest BCUT2D eigenvalue weighted by atomic mass is 10.1. The largest absolute Gasteiger partial charge is 0.343 e. The zero-order chi connectivity index (χ0) is 22.6. The average molecular weight is 498 g/mol. The number of carbonyl (C=O) groups excluding carboxylic acids is 2. The van der Waals surface area contributed by atoms with Crippen molar-refractivity contribution in [1.29, 1.82) is 0 Å². The van der Waals surface area contributed by atoms with Gasteiger partial charge in [0, 0.05) is 30.3 Å². The van der Waals surface area contributed by atoms with Crippen molar-refractivity contribution >= 4 is 33.6 Å². The summed E-state index contributed by atoms with van der Waals surface area (Å²) in [5, 5.41) is 3.60. The summed E-state index contributed by atoms with van der Waals surface area (Å²) >= 11 is 3.44. The Balaban J connectivity index is 1.45. The van der Waals surface area contributed by atoms with Crippen LogP contribution < -0.4 is 10.2 Å². The van der Waals surface area contributed by atoms with Crippen LogP contribution in [0.1, 0.15) is 23.1 Å². The van der Waals surface area contributed by atoms with E-state index in [9.17, 15) is 9.59 Å². The molecule has 2 aromatic rings. The minimum atomic E-state index is -0.397. The lowest BCUT2D eigenvalue weighted by molar-refractivity contribution is -0.139. The first-order valence-electron chi connectivity index (χ1n) is 11.0. The van der Waals surface area contributed by atoms with Crippen LogP contribution in [0, 0.1) is 13.8 Å². The zero-order valence-electron chi connectivity index (χ0n) is 18.6. The Kier molecular flexibility index (Phi) is 5.47. The third kappa shape index (κ3) is 3.41. The third-order valence-corrected chi connectivity index (χ3v) is 7.54. The van der Waals surface area contributed by atoms with E-state index in [0.29, 0.717) is 0 Å². The number of halogens is 1. The van der Waals surface area contributed by atoms with E-state index in [1.54, 1.807) is 11.9 Å². The number of benzene rings is 2. The van der Waals surface area contributed by atoms with E-state index in [1.165, 1.54) is 21.7 Å². The van der Waals surface area contributed by atoms with Gasteiger partial charge in [0.1, 0.15) is 18.5 Å². The van der Waals surface area contributed by atoms with Gasteiger partial charge in [0.2, 0.25) is 0 Å². The number of urea groups is 1. The Hall–Kier alpha value is -2.42. The molecular weight excluding hydrogens is 470 g/mol. The molecule has 3 aliphatic rings. The van der Waals surface area contributed by atoms with Gasteiger partial charge in [-0.3, -0.25) is 19.9 Å². The van der Waals surface area contributed by atoms with Gasteiger partial charge >= 0.3 is 6.03 Å². The minimum absolute atomic E-state index is 0.119. The first kappa shape index (κ1) is 21.4.